The molecule has 0 aliphatic heterocycles. The van der Waals surface area contributed by atoms with Crippen molar-refractivity contribution in [2.24, 2.45) is 0 Å². The molecule has 1 amide bonds. The molecule has 2 aromatic rings. The van der Waals surface area contributed by atoms with E-state index in [1.165, 1.54) is 18.3 Å². The van der Waals surface area contributed by atoms with E-state index in [0.29, 0.717) is 10.6 Å². The molecule has 6 heteroatoms. The van der Waals surface area contributed by atoms with Crippen molar-refractivity contribution >= 4 is 28.2 Å². The first-order chi connectivity index (χ1) is 10.0. The molecule has 0 bridgehead atoms. The van der Waals surface area contributed by atoms with Crippen molar-refractivity contribution in [3.05, 3.63) is 35.7 Å². The maximum atomic E-state index is 12.1. The smallest absolute Gasteiger partial charge is 0.341 e. The van der Waals surface area contributed by atoms with Crippen molar-refractivity contribution in [3.63, 3.8) is 0 Å². The van der Waals surface area contributed by atoms with Crippen LogP contribution in [-0.4, -0.2) is 23.5 Å². The summed E-state index contributed by atoms with van der Waals surface area (Å²) in [6.07, 6.45) is 3.38. The van der Waals surface area contributed by atoms with E-state index in [-0.39, 0.29) is 12.5 Å². The lowest BCUT2D eigenvalue weighted by Gasteiger charge is -2.05. The van der Waals surface area contributed by atoms with Gasteiger partial charge >= 0.3 is 5.97 Å². The first kappa shape index (κ1) is 15.2. The van der Waals surface area contributed by atoms with E-state index in [9.17, 15) is 9.59 Å². The number of carbonyl (C=O) groups is 2. The Labute approximate surface area is 127 Å². The molecule has 0 fully saturated rings. The number of thiophene rings is 1. The minimum absolute atomic E-state index is 0.219. The summed E-state index contributed by atoms with van der Waals surface area (Å²) in [5.41, 5.74) is 2.17. The highest BCUT2D eigenvalue weighted by Gasteiger charge is 2.23. The van der Waals surface area contributed by atoms with Gasteiger partial charge in [0.15, 0.2) is 0 Å². The van der Waals surface area contributed by atoms with Crippen molar-refractivity contribution in [3.8, 4) is 10.4 Å². The number of hydrogen-bond acceptors (Lipinski definition) is 5. The van der Waals surface area contributed by atoms with Crippen molar-refractivity contribution in [1.82, 2.24) is 4.98 Å². The molecule has 0 aliphatic carbocycles. The molecule has 5 nitrogen and oxygen atoms in total. The SMILES string of the molecule is CCOC(=O)c1c(NC(C)=O)sc(-c2ccncc2)c1C. The summed E-state index contributed by atoms with van der Waals surface area (Å²) in [5.74, 6) is -0.640. The molecule has 1 N–H and O–H groups in total. The number of carbonyl (C=O) groups excluding carboxylic acids is 2. The Hall–Kier alpha value is -2.21. The normalized spacial score (nSPS) is 10.2. The predicted molar refractivity (Wildman–Crippen MR) is 82.5 cm³/mol. The van der Waals surface area contributed by atoms with Crippen LogP contribution in [0, 0.1) is 6.92 Å². The second-order valence-corrected chi connectivity index (χ2v) is 5.42. The van der Waals surface area contributed by atoms with Gasteiger partial charge in [0.1, 0.15) is 5.00 Å². The number of anilines is 1. The highest BCUT2D eigenvalue weighted by molar-refractivity contribution is 7.20. The van der Waals surface area contributed by atoms with E-state index in [4.69, 9.17) is 4.74 Å². The predicted octanol–water partition coefficient (Wildman–Crippen LogP) is 3.25. The van der Waals surface area contributed by atoms with E-state index < -0.39 is 5.97 Å². The van der Waals surface area contributed by atoms with E-state index >= 15 is 0 Å². The molecule has 0 radical (unpaired) electrons. The number of amides is 1. The fourth-order valence-corrected chi connectivity index (χ4v) is 3.24. The van der Waals surface area contributed by atoms with Crippen molar-refractivity contribution in [2.75, 3.05) is 11.9 Å². The van der Waals surface area contributed by atoms with Gasteiger partial charge in [0.05, 0.1) is 12.2 Å². The molecule has 110 valence electrons. The molecule has 0 saturated carbocycles. The lowest BCUT2D eigenvalue weighted by Crippen LogP contribution is -2.11. The van der Waals surface area contributed by atoms with Gasteiger partial charge in [-0.05, 0) is 37.1 Å². The van der Waals surface area contributed by atoms with Crippen molar-refractivity contribution < 1.29 is 14.3 Å². The van der Waals surface area contributed by atoms with Crippen LogP contribution >= 0.6 is 11.3 Å². The lowest BCUT2D eigenvalue weighted by atomic mass is 10.1. The Morgan fingerprint density at radius 3 is 2.57 bits per heavy atom. The van der Waals surface area contributed by atoms with Crippen LogP contribution in [-0.2, 0) is 9.53 Å². The zero-order valence-electron chi connectivity index (χ0n) is 12.1. The molecule has 0 unspecified atom stereocenters. The molecule has 2 aromatic heterocycles. The third kappa shape index (κ3) is 3.28. The van der Waals surface area contributed by atoms with Gasteiger partial charge in [-0.25, -0.2) is 4.79 Å². The summed E-state index contributed by atoms with van der Waals surface area (Å²) < 4.78 is 5.08. The first-order valence-corrected chi connectivity index (χ1v) is 7.34. The monoisotopic (exact) mass is 304 g/mol. The molecule has 2 rings (SSSR count). The number of pyridine rings is 1. The van der Waals surface area contributed by atoms with Gasteiger partial charge < -0.3 is 10.1 Å². The number of nitrogens with one attached hydrogen (secondary N) is 1. The van der Waals surface area contributed by atoms with Crippen LogP contribution in [0.1, 0.15) is 29.8 Å². The average molecular weight is 304 g/mol. The molecular formula is C15H16N2O3S. The standard InChI is InChI=1S/C15H16N2O3S/c1-4-20-15(19)12-9(2)13(11-5-7-16-8-6-11)21-14(12)17-10(3)18/h5-8H,4H2,1-3H3,(H,17,18). The number of aromatic nitrogens is 1. The van der Waals surface area contributed by atoms with Gasteiger partial charge in [-0.15, -0.1) is 11.3 Å². The summed E-state index contributed by atoms with van der Waals surface area (Å²) in [6, 6.07) is 3.73. The lowest BCUT2D eigenvalue weighted by molar-refractivity contribution is -0.114. The number of ether oxygens (including phenoxy) is 1. The van der Waals surface area contributed by atoms with Gasteiger partial charge in [0.25, 0.3) is 0 Å². The zero-order valence-corrected chi connectivity index (χ0v) is 12.9. The molecule has 21 heavy (non-hydrogen) atoms. The van der Waals surface area contributed by atoms with E-state index in [2.05, 4.69) is 10.3 Å². The first-order valence-electron chi connectivity index (χ1n) is 6.53. The van der Waals surface area contributed by atoms with E-state index in [1.807, 2.05) is 19.1 Å². The van der Waals surface area contributed by atoms with E-state index in [0.717, 1.165) is 16.0 Å². The molecule has 0 saturated heterocycles. The Balaban J connectivity index is 2.54. The largest absolute Gasteiger partial charge is 0.462 e. The summed E-state index contributed by atoms with van der Waals surface area (Å²) in [4.78, 5) is 28.4. The second kappa shape index (κ2) is 6.49. The van der Waals surface area contributed by atoms with E-state index in [1.54, 1.807) is 19.3 Å². The topological polar surface area (TPSA) is 68.3 Å². The van der Waals surface area contributed by atoms with Gasteiger partial charge in [0, 0.05) is 24.2 Å². The van der Waals surface area contributed by atoms with Crippen LogP contribution in [0.25, 0.3) is 10.4 Å². The zero-order chi connectivity index (χ0) is 15.4. The summed E-state index contributed by atoms with van der Waals surface area (Å²) in [5, 5.41) is 3.23. The minimum atomic E-state index is -0.421. The Kier molecular flexibility index (Phi) is 4.70. The van der Waals surface area contributed by atoms with Crippen LogP contribution in [0.3, 0.4) is 0 Å². The van der Waals surface area contributed by atoms with Gasteiger partial charge in [-0.2, -0.15) is 0 Å². The van der Waals surface area contributed by atoms with Crippen LogP contribution in [0.2, 0.25) is 0 Å². The highest BCUT2D eigenvalue weighted by atomic mass is 32.1. The molecular weight excluding hydrogens is 288 g/mol. The molecule has 0 aromatic carbocycles. The molecule has 0 aliphatic rings. The third-order valence-electron chi connectivity index (χ3n) is 2.86. The number of hydrogen-bond donors (Lipinski definition) is 1. The maximum absolute atomic E-state index is 12.1. The number of nitrogens with zero attached hydrogens (tertiary/aromatic N) is 1. The van der Waals surface area contributed by atoms with Gasteiger partial charge in [-0.1, -0.05) is 0 Å². The Morgan fingerprint density at radius 2 is 2.00 bits per heavy atom. The molecule has 0 spiro atoms. The van der Waals surface area contributed by atoms with Crippen LogP contribution in [0.5, 0.6) is 0 Å². The number of rotatable bonds is 4. The Bertz CT molecular complexity index is 665. The highest BCUT2D eigenvalue weighted by Crippen LogP contribution is 2.40. The molecule has 2 heterocycles. The number of esters is 1. The average Bonchev–Trinajstić information content (AvgIpc) is 2.76. The van der Waals surface area contributed by atoms with Crippen molar-refractivity contribution in [1.29, 1.82) is 0 Å². The fourth-order valence-electron chi connectivity index (χ4n) is 1.99. The van der Waals surface area contributed by atoms with Gasteiger partial charge in [0.2, 0.25) is 5.91 Å². The minimum Gasteiger partial charge on any atom is -0.462 e. The van der Waals surface area contributed by atoms with Crippen LogP contribution in [0.4, 0.5) is 5.00 Å². The van der Waals surface area contributed by atoms with Crippen LogP contribution in [0.15, 0.2) is 24.5 Å². The fraction of sp³-hybridized carbons (Fsp3) is 0.267. The Morgan fingerprint density at radius 1 is 1.33 bits per heavy atom. The van der Waals surface area contributed by atoms with Gasteiger partial charge in [-0.3, -0.25) is 9.78 Å². The third-order valence-corrected chi connectivity index (χ3v) is 4.11. The second-order valence-electron chi connectivity index (χ2n) is 4.40. The summed E-state index contributed by atoms with van der Waals surface area (Å²) in [7, 11) is 0. The summed E-state index contributed by atoms with van der Waals surface area (Å²) >= 11 is 1.36. The summed E-state index contributed by atoms with van der Waals surface area (Å²) in [6.45, 7) is 5.31. The van der Waals surface area contributed by atoms with Crippen LogP contribution < -0.4 is 5.32 Å². The molecule has 0 atom stereocenters. The quantitative estimate of drug-likeness (QED) is 0.880. The maximum Gasteiger partial charge on any atom is 0.341 e. The van der Waals surface area contributed by atoms with Crippen molar-refractivity contribution in [2.45, 2.75) is 20.8 Å².